The van der Waals surface area contributed by atoms with E-state index in [1.807, 2.05) is 12.1 Å². The van der Waals surface area contributed by atoms with Crippen LogP contribution >= 0.6 is 0 Å². The second-order valence-corrected chi connectivity index (χ2v) is 9.37. The lowest BCUT2D eigenvalue weighted by Crippen LogP contribution is -2.58. The van der Waals surface area contributed by atoms with Crippen LogP contribution in [0.3, 0.4) is 0 Å². The molecule has 0 spiro atoms. The van der Waals surface area contributed by atoms with Crippen molar-refractivity contribution >= 4 is 17.7 Å². The molecule has 1 fully saturated rings. The smallest absolute Gasteiger partial charge is 0.457 e. The normalized spacial score (nSPS) is 21.2. The number of benzene rings is 1. The number of nitrogen functional groups attached to an aromatic ring is 1. The number of ether oxygens (including phenoxy) is 1. The third-order valence-corrected chi connectivity index (χ3v) is 6.73. The molecule has 2 aromatic rings. The highest BCUT2D eigenvalue weighted by Gasteiger charge is 2.66. The van der Waals surface area contributed by atoms with Crippen molar-refractivity contribution in [2.45, 2.75) is 56.6 Å². The van der Waals surface area contributed by atoms with Gasteiger partial charge in [-0.25, -0.2) is 9.98 Å². The summed E-state index contributed by atoms with van der Waals surface area (Å²) in [5.74, 6) is -3.90. The van der Waals surface area contributed by atoms with Gasteiger partial charge in [0.2, 0.25) is 0 Å². The van der Waals surface area contributed by atoms with Gasteiger partial charge in [-0.3, -0.25) is 9.80 Å². The van der Waals surface area contributed by atoms with Gasteiger partial charge in [0.05, 0.1) is 5.70 Å². The van der Waals surface area contributed by atoms with Crippen LogP contribution in [-0.2, 0) is 6.54 Å². The van der Waals surface area contributed by atoms with E-state index in [2.05, 4.69) is 20.2 Å². The first-order chi connectivity index (χ1) is 17.6. The molecule has 3 aliphatic rings. The highest BCUT2D eigenvalue weighted by Crippen LogP contribution is 2.45. The number of piperidine rings is 1. The predicted octanol–water partition coefficient (Wildman–Crippen LogP) is 4.67. The van der Waals surface area contributed by atoms with Crippen molar-refractivity contribution in [3.05, 3.63) is 59.7 Å². The summed E-state index contributed by atoms with van der Waals surface area (Å²) in [4.78, 5) is 11.4. The number of likely N-dealkylation sites (tertiary alicyclic amines) is 1. The van der Waals surface area contributed by atoms with Crippen LogP contribution in [0.4, 0.5) is 33.5 Å². The van der Waals surface area contributed by atoms with Crippen LogP contribution in [-0.4, -0.2) is 53.6 Å². The van der Waals surface area contributed by atoms with Gasteiger partial charge in [0.15, 0.2) is 12.0 Å². The first-order valence-electron chi connectivity index (χ1n) is 12.1. The number of hydrogen-bond acceptors (Lipinski definition) is 7. The van der Waals surface area contributed by atoms with Crippen LogP contribution in [0.25, 0.3) is 0 Å². The molecular weight excluding hydrogens is 495 g/mol. The molecular formula is C25H27F5N6O. The van der Waals surface area contributed by atoms with Crippen molar-refractivity contribution in [3.63, 3.8) is 0 Å². The molecule has 3 N–H and O–H groups in total. The molecule has 1 atom stereocenters. The van der Waals surface area contributed by atoms with Crippen molar-refractivity contribution in [3.8, 4) is 5.75 Å². The second kappa shape index (κ2) is 9.81. The van der Waals surface area contributed by atoms with E-state index in [1.165, 1.54) is 18.3 Å². The molecule has 7 nitrogen and oxygen atoms in total. The molecule has 0 saturated carbocycles. The van der Waals surface area contributed by atoms with E-state index >= 15 is 0 Å². The molecule has 0 bridgehead atoms. The summed E-state index contributed by atoms with van der Waals surface area (Å²) in [5, 5.41) is 2.37. The Morgan fingerprint density at radius 2 is 1.78 bits per heavy atom. The lowest BCUT2D eigenvalue weighted by Gasteiger charge is -2.34. The van der Waals surface area contributed by atoms with Crippen LogP contribution < -0.4 is 20.7 Å². The SMILES string of the molecule is Nc1cc(CN2CCC(Oc3ccc(N4C5=C(CCC=N5)NC4C(F)(F)C(F)(F)F)cc3)CC2)ccn1. The minimum absolute atomic E-state index is 0.0300. The maximum absolute atomic E-state index is 14.4. The number of anilines is 2. The van der Waals surface area contributed by atoms with Gasteiger partial charge in [-0.2, -0.15) is 22.0 Å². The summed E-state index contributed by atoms with van der Waals surface area (Å²) >= 11 is 0. The number of allylic oxidation sites excluding steroid dienone is 1. The zero-order valence-electron chi connectivity index (χ0n) is 19.9. The summed E-state index contributed by atoms with van der Waals surface area (Å²) in [5.41, 5.74) is 7.29. The van der Waals surface area contributed by atoms with Gasteiger partial charge >= 0.3 is 12.1 Å². The molecule has 12 heteroatoms. The van der Waals surface area contributed by atoms with E-state index in [0.29, 0.717) is 24.4 Å². The van der Waals surface area contributed by atoms with E-state index in [0.717, 1.165) is 42.9 Å². The van der Waals surface area contributed by atoms with E-state index in [9.17, 15) is 22.0 Å². The number of alkyl halides is 5. The Morgan fingerprint density at radius 3 is 2.46 bits per heavy atom. The van der Waals surface area contributed by atoms with Crippen LogP contribution in [0.15, 0.2) is 59.1 Å². The number of hydrogen-bond donors (Lipinski definition) is 2. The fourth-order valence-corrected chi connectivity index (χ4v) is 4.84. The summed E-state index contributed by atoms with van der Waals surface area (Å²) < 4.78 is 74.7. The Labute approximate surface area is 210 Å². The topological polar surface area (TPSA) is 79.0 Å². The number of aliphatic imine (C=N–C) groups is 1. The van der Waals surface area contributed by atoms with Crippen LogP contribution in [0.5, 0.6) is 5.75 Å². The molecule has 4 heterocycles. The van der Waals surface area contributed by atoms with Gasteiger partial charge in [-0.15, -0.1) is 0 Å². The van der Waals surface area contributed by atoms with Gasteiger partial charge in [0, 0.05) is 37.7 Å². The van der Waals surface area contributed by atoms with Crippen molar-refractivity contribution in [1.29, 1.82) is 0 Å². The molecule has 0 radical (unpaired) electrons. The van der Waals surface area contributed by atoms with Crippen LogP contribution in [0, 0.1) is 0 Å². The molecule has 1 aromatic carbocycles. The molecule has 37 heavy (non-hydrogen) atoms. The highest BCUT2D eigenvalue weighted by molar-refractivity contribution is 5.67. The van der Waals surface area contributed by atoms with Crippen LogP contribution in [0.2, 0.25) is 0 Å². The van der Waals surface area contributed by atoms with Gasteiger partial charge in [-0.1, -0.05) is 0 Å². The Hall–Kier alpha value is -3.41. The lowest BCUT2D eigenvalue weighted by molar-refractivity contribution is -0.290. The quantitative estimate of drug-likeness (QED) is 0.537. The molecule has 198 valence electrons. The summed E-state index contributed by atoms with van der Waals surface area (Å²) in [6.45, 7) is 2.42. The average Bonchev–Trinajstić information content (AvgIpc) is 3.26. The number of pyridine rings is 1. The van der Waals surface area contributed by atoms with Gasteiger partial charge in [0.1, 0.15) is 17.7 Å². The highest BCUT2D eigenvalue weighted by atomic mass is 19.4. The van der Waals surface area contributed by atoms with Crippen LogP contribution in [0.1, 0.15) is 31.2 Å². The number of aromatic nitrogens is 1. The molecule has 0 amide bonds. The molecule has 5 rings (SSSR count). The number of nitrogens with two attached hydrogens (primary N) is 1. The van der Waals surface area contributed by atoms with Crippen molar-refractivity contribution < 1.29 is 26.7 Å². The summed E-state index contributed by atoms with van der Waals surface area (Å²) in [7, 11) is 0. The number of nitrogens with one attached hydrogen (secondary N) is 1. The molecule has 1 unspecified atom stereocenters. The Bertz CT molecular complexity index is 1170. The first kappa shape index (κ1) is 25.2. The zero-order valence-corrected chi connectivity index (χ0v) is 19.9. The van der Waals surface area contributed by atoms with Gasteiger partial charge < -0.3 is 15.8 Å². The average molecular weight is 523 g/mol. The summed E-state index contributed by atoms with van der Waals surface area (Å²) in [6.07, 6.45) is -2.49. The molecule has 0 aliphatic carbocycles. The van der Waals surface area contributed by atoms with E-state index < -0.39 is 18.3 Å². The van der Waals surface area contributed by atoms with Gasteiger partial charge in [0.25, 0.3) is 0 Å². The minimum Gasteiger partial charge on any atom is -0.490 e. The van der Waals surface area contributed by atoms with Crippen molar-refractivity contribution in [2.24, 2.45) is 4.99 Å². The molecule has 1 aromatic heterocycles. The maximum atomic E-state index is 14.4. The van der Waals surface area contributed by atoms with Crippen molar-refractivity contribution in [2.75, 3.05) is 23.7 Å². The Balaban J connectivity index is 1.24. The standard InChI is InChI=1S/C25H27F5N6O/c26-24(27,25(28,29)30)23-34-20-2-1-10-33-22(20)36(23)17-3-5-18(6-4-17)37-19-8-12-35(13-9-19)15-16-7-11-32-21(31)14-16/h3-7,10-11,14,19,23,34H,1-2,8-9,12-13,15H2,(H2,31,32). The third kappa shape index (κ3) is 5.20. The number of halogens is 5. The molecule has 1 saturated heterocycles. The van der Waals surface area contributed by atoms with Gasteiger partial charge in [-0.05, 0) is 67.6 Å². The zero-order chi connectivity index (χ0) is 26.2. The third-order valence-electron chi connectivity index (χ3n) is 6.73. The predicted molar refractivity (Wildman–Crippen MR) is 129 cm³/mol. The summed E-state index contributed by atoms with van der Waals surface area (Å²) in [6, 6.07) is 9.94. The van der Waals surface area contributed by atoms with E-state index in [4.69, 9.17) is 10.5 Å². The second-order valence-electron chi connectivity index (χ2n) is 9.37. The fraction of sp³-hybridized carbons (Fsp3) is 0.440. The van der Waals surface area contributed by atoms with E-state index in [-0.39, 0.29) is 23.3 Å². The first-order valence-corrected chi connectivity index (χ1v) is 12.1. The molecule has 3 aliphatic heterocycles. The maximum Gasteiger partial charge on any atom is 0.457 e. The van der Waals surface area contributed by atoms with Crippen molar-refractivity contribution in [1.82, 2.24) is 15.2 Å². The number of rotatable bonds is 6. The largest absolute Gasteiger partial charge is 0.490 e. The van der Waals surface area contributed by atoms with E-state index in [1.54, 1.807) is 18.3 Å². The number of nitrogens with zero attached hydrogens (tertiary/aromatic N) is 4. The monoisotopic (exact) mass is 522 g/mol. The Kier molecular flexibility index (Phi) is 6.69. The fourth-order valence-electron chi connectivity index (χ4n) is 4.84. The lowest BCUT2D eigenvalue weighted by atomic mass is 10.1. The minimum atomic E-state index is -5.72. The Morgan fingerprint density at radius 1 is 1.05 bits per heavy atom.